The molecule has 1 aliphatic rings. The van der Waals surface area contributed by atoms with Crippen LogP contribution >= 0.6 is 0 Å². The lowest BCUT2D eigenvalue weighted by Gasteiger charge is -2.34. The number of carbonyl (C=O) groups is 2. The topological polar surface area (TPSA) is 61.9 Å². The van der Waals surface area contributed by atoms with Gasteiger partial charge in [-0.25, -0.2) is 9.59 Å². The molecule has 1 heterocycles. The molecule has 118 valence electrons. The lowest BCUT2D eigenvalue weighted by Crippen LogP contribution is -2.49. The zero-order chi connectivity index (χ0) is 15.9. The van der Waals surface area contributed by atoms with E-state index in [1.54, 1.807) is 29.2 Å². The third-order valence-electron chi connectivity index (χ3n) is 3.58. The van der Waals surface area contributed by atoms with Crippen LogP contribution in [-0.2, 0) is 4.74 Å². The summed E-state index contributed by atoms with van der Waals surface area (Å²) in [5, 5.41) is 2.82. The maximum Gasteiger partial charge on any atom is 0.337 e. The Labute approximate surface area is 130 Å². The van der Waals surface area contributed by atoms with E-state index in [4.69, 9.17) is 0 Å². The van der Waals surface area contributed by atoms with E-state index in [-0.39, 0.29) is 6.03 Å². The van der Waals surface area contributed by atoms with Gasteiger partial charge in [0.25, 0.3) is 0 Å². The number of hydrogen-bond acceptors (Lipinski definition) is 4. The predicted octanol–water partition coefficient (Wildman–Crippen LogP) is 1.81. The van der Waals surface area contributed by atoms with E-state index in [9.17, 15) is 9.59 Å². The largest absolute Gasteiger partial charge is 0.465 e. The Hall–Kier alpha value is -2.34. The van der Waals surface area contributed by atoms with Crippen molar-refractivity contribution >= 4 is 17.7 Å². The number of benzene rings is 1. The van der Waals surface area contributed by atoms with Crippen molar-refractivity contribution in [3.8, 4) is 0 Å². The van der Waals surface area contributed by atoms with Gasteiger partial charge in [-0.05, 0) is 18.2 Å². The maximum atomic E-state index is 12.2. The van der Waals surface area contributed by atoms with Crippen molar-refractivity contribution in [3.63, 3.8) is 0 Å². The van der Waals surface area contributed by atoms with Crippen LogP contribution in [0.5, 0.6) is 0 Å². The quantitative estimate of drug-likeness (QED) is 0.681. The van der Waals surface area contributed by atoms with Crippen LogP contribution in [0.4, 0.5) is 10.5 Å². The average Bonchev–Trinajstić information content (AvgIpc) is 2.55. The van der Waals surface area contributed by atoms with Crippen molar-refractivity contribution in [1.82, 2.24) is 9.80 Å². The Morgan fingerprint density at radius 3 is 2.68 bits per heavy atom. The molecule has 22 heavy (non-hydrogen) atoms. The second-order valence-corrected chi connectivity index (χ2v) is 5.08. The summed E-state index contributed by atoms with van der Waals surface area (Å²) < 4.78 is 4.67. The summed E-state index contributed by atoms with van der Waals surface area (Å²) in [6.45, 7) is 7.59. The summed E-state index contributed by atoms with van der Waals surface area (Å²) in [4.78, 5) is 27.7. The molecule has 0 radical (unpaired) electrons. The molecule has 0 aliphatic carbocycles. The SMILES string of the molecule is C=CCN1CCN(C(=O)Nc2cccc(C(=O)OC)c2)CC1. The first kappa shape index (κ1) is 16.0. The van der Waals surface area contributed by atoms with Gasteiger partial charge in [0.15, 0.2) is 0 Å². The van der Waals surface area contributed by atoms with Gasteiger partial charge in [-0.2, -0.15) is 0 Å². The Morgan fingerprint density at radius 1 is 1.32 bits per heavy atom. The van der Waals surface area contributed by atoms with Crippen LogP contribution in [0, 0.1) is 0 Å². The fourth-order valence-corrected chi connectivity index (χ4v) is 2.36. The van der Waals surface area contributed by atoms with Gasteiger partial charge in [0, 0.05) is 38.4 Å². The Balaban J connectivity index is 1.92. The molecule has 0 aromatic heterocycles. The van der Waals surface area contributed by atoms with E-state index < -0.39 is 5.97 Å². The predicted molar refractivity (Wildman–Crippen MR) is 85.0 cm³/mol. The average molecular weight is 303 g/mol. The molecule has 1 aliphatic heterocycles. The van der Waals surface area contributed by atoms with Gasteiger partial charge in [0.2, 0.25) is 0 Å². The van der Waals surface area contributed by atoms with E-state index >= 15 is 0 Å². The Bertz CT molecular complexity index is 551. The first-order valence-corrected chi connectivity index (χ1v) is 7.21. The minimum Gasteiger partial charge on any atom is -0.465 e. The monoisotopic (exact) mass is 303 g/mol. The van der Waals surface area contributed by atoms with E-state index in [0.717, 1.165) is 19.6 Å². The zero-order valence-corrected chi connectivity index (χ0v) is 12.7. The van der Waals surface area contributed by atoms with Crippen molar-refractivity contribution in [3.05, 3.63) is 42.5 Å². The van der Waals surface area contributed by atoms with E-state index in [2.05, 4.69) is 21.5 Å². The van der Waals surface area contributed by atoms with Crippen molar-refractivity contribution in [2.45, 2.75) is 0 Å². The van der Waals surface area contributed by atoms with Crippen molar-refractivity contribution < 1.29 is 14.3 Å². The number of rotatable bonds is 4. The van der Waals surface area contributed by atoms with Gasteiger partial charge in [-0.3, -0.25) is 4.90 Å². The van der Waals surface area contributed by atoms with Gasteiger partial charge >= 0.3 is 12.0 Å². The highest BCUT2D eigenvalue weighted by Gasteiger charge is 2.20. The molecular formula is C16H21N3O3. The highest BCUT2D eigenvalue weighted by molar-refractivity contribution is 5.93. The number of methoxy groups -OCH3 is 1. The third kappa shape index (κ3) is 4.08. The van der Waals surface area contributed by atoms with E-state index in [1.807, 2.05) is 6.08 Å². The first-order chi connectivity index (χ1) is 10.6. The van der Waals surface area contributed by atoms with Crippen molar-refractivity contribution in [2.24, 2.45) is 0 Å². The second kappa shape index (κ2) is 7.61. The van der Waals surface area contributed by atoms with Crippen molar-refractivity contribution in [2.75, 3.05) is 45.2 Å². The number of ether oxygens (including phenoxy) is 1. The van der Waals surface area contributed by atoms with Crippen LogP contribution < -0.4 is 5.32 Å². The minimum absolute atomic E-state index is 0.153. The first-order valence-electron chi connectivity index (χ1n) is 7.21. The smallest absolute Gasteiger partial charge is 0.337 e. The molecule has 0 atom stereocenters. The Kier molecular flexibility index (Phi) is 5.55. The van der Waals surface area contributed by atoms with Crippen LogP contribution in [0.1, 0.15) is 10.4 Å². The number of nitrogens with zero attached hydrogens (tertiary/aromatic N) is 2. The van der Waals surface area contributed by atoms with Crippen molar-refractivity contribution in [1.29, 1.82) is 0 Å². The minimum atomic E-state index is -0.422. The van der Waals surface area contributed by atoms with Crippen LogP contribution in [0.25, 0.3) is 0 Å². The second-order valence-electron chi connectivity index (χ2n) is 5.08. The van der Waals surface area contributed by atoms with E-state index in [0.29, 0.717) is 24.3 Å². The number of piperazine rings is 1. The number of urea groups is 1. The molecule has 1 saturated heterocycles. The third-order valence-corrected chi connectivity index (χ3v) is 3.58. The highest BCUT2D eigenvalue weighted by Crippen LogP contribution is 2.13. The fourth-order valence-electron chi connectivity index (χ4n) is 2.36. The number of esters is 1. The molecule has 0 spiro atoms. The standard InChI is InChI=1S/C16H21N3O3/c1-3-7-18-8-10-19(11-9-18)16(21)17-14-6-4-5-13(12-14)15(20)22-2/h3-6,12H,1,7-11H2,2H3,(H,17,21). The molecule has 0 unspecified atom stereocenters. The molecule has 1 aromatic rings. The van der Waals surface area contributed by atoms with Gasteiger partial charge in [0.05, 0.1) is 12.7 Å². The summed E-state index contributed by atoms with van der Waals surface area (Å²) in [5.74, 6) is -0.422. The summed E-state index contributed by atoms with van der Waals surface area (Å²) in [7, 11) is 1.33. The van der Waals surface area contributed by atoms with Gasteiger partial charge in [-0.1, -0.05) is 12.1 Å². The number of carbonyl (C=O) groups excluding carboxylic acids is 2. The molecule has 1 N–H and O–H groups in total. The molecule has 0 bridgehead atoms. The van der Waals surface area contributed by atoms with Crippen LogP contribution in [0.2, 0.25) is 0 Å². The summed E-state index contributed by atoms with van der Waals surface area (Å²) >= 11 is 0. The zero-order valence-electron chi connectivity index (χ0n) is 12.7. The number of hydrogen-bond donors (Lipinski definition) is 1. The summed E-state index contributed by atoms with van der Waals surface area (Å²) in [6.07, 6.45) is 1.87. The van der Waals surface area contributed by atoms with Gasteiger partial charge in [0.1, 0.15) is 0 Å². The van der Waals surface area contributed by atoms with Gasteiger partial charge in [-0.15, -0.1) is 6.58 Å². The fraction of sp³-hybridized carbons (Fsp3) is 0.375. The number of nitrogens with one attached hydrogen (secondary N) is 1. The normalized spacial score (nSPS) is 15.2. The number of amides is 2. The van der Waals surface area contributed by atoms with Crippen LogP contribution in [0.3, 0.4) is 0 Å². The molecular weight excluding hydrogens is 282 g/mol. The molecule has 1 aromatic carbocycles. The summed E-state index contributed by atoms with van der Waals surface area (Å²) in [5.41, 5.74) is 0.998. The lowest BCUT2D eigenvalue weighted by molar-refractivity contribution is 0.0600. The summed E-state index contributed by atoms with van der Waals surface area (Å²) in [6, 6.07) is 6.57. The maximum absolute atomic E-state index is 12.2. The molecule has 2 rings (SSSR count). The molecule has 2 amide bonds. The van der Waals surface area contributed by atoms with Gasteiger partial charge < -0.3 is 15.0 Å². The molecule has 6 nitrogen and oxygen atoms in total. The Morgan fingerprint density at radius 2 is 2.05 bits per heavy atom. The van der Waals surface area contributed by atoms with Crippen LogP contribution in [-0.4, -0.2) is 61.6 Å². The van der Waals surface area contributed by atoms with Crippen LogP contribution in [0.15, 0.2) is 36.9 Å². The molecule has 6 heteroatoms. The lowest BCUT2D eigenvalue weighted by atomic mass is 10.2. The number of anilines is 1. The molecule has 0 saturated carbocycles. The molecule has 1 fully saturated rings. The van der Waals surface area contributed by atoms with E-state index in [1.165, 1.54) is 7.11 Å². The highest BCUT2D eigenvalue weighted by atomic mass is 16.5.